The summed E-state index contributed by atoms with van der Waals surface area (Å²) in [5.74, 6) is 1.97. The lowest BCUT2D eigenvalue weighted by Crippen LogP contribution is -2.28. The van der Waals surface area contributed by atoms with Crippen LogP contribution in [0.5, 0.6) is 11.5 Å². The number of benzene rings is 2. The quantitative estimate of drug-likeness (QED) is 0.777. The van der Waals surface area contributed by atoms with Crippen molar-refractivity contribution in [2.45, 2.75) is 18.5 Å². The predicted octanol–water partition coefficient (Wildman–Crippen LogP) is 3.29. The Hall–Kier alpha value is -3.09. The first-order chi connectivity index (χ1) is 12.3. The summed E-state index contributed by atoms with van der Waals surface area (Å²) < 4.78 is 26.0. The predicted molar refractivity (Wildman–Crippen MR) is 88.1 cm³/mol. The smallest absolute Gasteiger partial charge is 0.231 e. The lowest BCUT2D eigenvalue weighted by molar-refractivity contribution is 0.174. The van der Waals surface area contributed by atoms with Crippen molar-refractivity contribution >= 4 is 5.95 Å². The van der Waals surface area contributed by atoms with E-state index < -0.39 is 0 Å². The fourth-order valence-electron chi connectivity index (χ4n) is 3.43. The molecule has 1 N–H and O–H groups in total. The van der Waals surface area contributed by atoms with Crippen LogP contribution in [0.1, 0.15) is 29.6 Å². The van der Waals surface area contributed by atoms with Crippen molar-refractivity contribution in [3.8, 4) is 11.5 Å². The molecule has 2 aliphatic rings. The summed E-state index contributed by atoms with van der Waals surface area (Å²) in [5.41, 5.74) is 2.09. The summed E-state index contributed by atoms with van der Waals surface area (Å²) in [6, 6.07) is 12.5. The van der Waals surface area contributed by atoms with Gasteiger partial charge < -0.3 is 14.8 Å². The highest BCUT2D eigenvalue weighted by Gasteiger charge is 2.30. The van der Waals surface area contributed by atoms with Gasteiger partial charge in [-0.15, -0.1) is 0 Å². The standard InChI is InChI=1S/C18H15FN4O2/c19-13-4-1-11(2-5-13)15-8-14(22-18-20-9-21-23(15)18)12-3-6-16-17(7-12)25-10-24-16/h1-7,9,14-15H,8,10H2,(H,20,21,22)/t14-,15-/m1/s1. The maximum Gasteiger partial charge on any atom is 0.231 e. The second-order valence-corrected chi connectivity index (χ2v) is 6.14. The molecule has 0 saturated heterocycles. The normalized spacial score (nSPS) is 20.8. The summed E-state index contributed by atoms with van der Waals surface area (Å²) in [6.07, 6.45) is 2.29. The summed E-state index contributed by atoms with van der Waals surface area (Å²) in [4.78, 5) is 4.31. The van der Waals surface area contributed by atoms with Gasteiger partial charge in [0, 0.05) is 0 Å². The van der Waals surface area contributed by atoms with E-state index >= 15 is 0 Å². The van der Waals surface area contributed by atoms with E-state index in [2.05, 4.69) is 15.4 Å². The molecule has 25 heavy (non-hydrogen) atoms. The van der Waals surface area contributed by atoms with Crippen LogP contribution in [0.3, 0.4) is 0 Å². The first kappa shape index (κ1) is 14.3. The molecule has 3 heterocycles. The van der Waals surface area contributed by atoms with Crippen molar-refractivity contribution in [3.63, 3.8) is 0 Å². The van der Waals surface area contributed by atoms with E-state index in [0.29, 0.717) is 5.95 Å². The Morgan fingerprint density at radius 1 is 1.04 bits per heavy atom. The summed E-state index contributed by atoms with van der Waals surface area (Å²) in [7, 11) is 0. The number of anilines is 1. The SMILES string of the molecule is Fc1ccc([C@H]2C[C@H](c3ccc4c(c3)OCO4)Nc3ncnn32)cc1. The average molecular weight is 338 g/mol. The highest BCUT2D eigenvalue weighted by atomic mass is 19.1. The number of hydrogen-bond donors (Lipinski definition) is 1. The van der Waals surface area contributed by atoms with Gasteiger partial charge in [0.25, 0.3) is 0 Å². The Morgan fingerprint density at radius 2 is 1.84 bits per heavy atom. The zero-order chi connectivity index (χ0) is 16.8. The summed E-state index contributed by atoms with van der Waals surface area (Å²) >= 11 is 0. The Morgan fingerprint density at radius 3 is 2.72 bits per heavy atom. The Balaban J connectivity index is 1.52. The molecule has 0 radical (unpaired) electrons. The molecule has 126 valence electrons. The Kier molecular flexibility index (Phi) is 3.12. The third kappa shape index (κ3) is 2.39. The van der Waals surface area contributed by atoms with Gasteiger partial charge in [0.1, 0.15) is 12.1 Å². The van der Waals surface area contributed by atoms with Gasteiger partial charge in [-0.05, 0) is 41.8 Å². The fourth-order valence-corrected chi connectivity index (χ4v) is 3.43. The monoisotopic (exact) mass is 338 g/mol. The zero-order valence-corrected chi connectivity index (χ0v) is 13.2. The zero-order valence-electron chi connectivity index (χ0n) is 13.2. The molecule has 0 aliphatic carbocycles. The largest absolute Gasteiger partial charge is 0.454 e. The molecule has 0 amide bonds. The van der Waals surface area contributed by atoms with Crippen LogP contribution >= 0.6 is 0 Å². The van der Waals surface area contributed by atoms with Crippen molar-refractivity contribution in [2.24, 2.45) is 0 Å². The van der Waals surface area contributed by atoms with Crippen LogP contribution in [-0.2, 0) is 0 Å². The minimum absolute atomic E-state index is 0.0187. The fraction of sp³-hybridized carbons (Fsp3) is 0.222. The van der Waals surface area contributed by atoms with E-state index in [1.54, 1.807) is 12.1 Å². The third-order valence-electron chi connectivity index (χ3n) is 4.68. The van der Waals surface area contributed by atoms with Crippen LogP contribution in [-0.4, -0.2) is 21.6 Å². The van der Waals surface area contributed by atoms with Crippen molar-refractivity contribution in [1.82, 2.24) is 14.8 Å². The van der Waals surface area contributed by atoms with Gasteiger partial charge in [0.15, 0.2) is 11.5 Å². The number of nitrogens with zero attached hydrogens (tertiary/aromatic N) is 3. The molecule has 1 aromatic heterocycles. The maximum atomic E-state index is 13.3. The van der Waals surface area contributed by atoms with E-state index in [4.69, 9.17) is 9.47 Å². The number of fused-ring (bicyclic) bond motifs is 2. The van der Waals surface area contributed by atoms with Crippen molar-refractivity contribution < 1.29 is 13.9 Å². The van der Waals surface area contributed by atoms with E-state index in [1.807, 2.05) is 22.9 Å². The second kappa shape index (κ2) is 5.47. The topological polar surface area (TPSA) is 61.2 Å². The summed E-state index contributed by atoms with van der Waals surface area (Å²) in [5, 5.41) is 7.74. The molecule has 6 nitrogen and oxygen atoms in total. The van der Waals surface area contributed by atoms with Gasteiger partial charge in [-0.2, -0.15) is 10.1 Å². The number of aromatic nitrogens is 3. The van der Waals surface area contributed by atoms with Gasteiger partial charge in [-0.3, -0.25) is 0 Å². The van der Waals surface area contributed by atoms with Crippen molar-refractivity contribution in [1.29, 1.82) is 0 Å². The first-order valence-electron chi connectivity index (χ1n) is 8.09. The maximum absolute atomic E-state index is 13.3. The molecular formula is C18H15FN4O2. The van der Waals surface area contributed by atoms with Crippen LogP contribution in [0.15, 0.2) is 48.8 Å². The molecule has 2 aliphatic heterocycles. The lowest BCUT2D eigenvalue weighted by Gasteiger charge is -2.31. The van der Waals surface area contributed by atoms with Gasteiger partial charge >= 0.3 is 0 Å². The number of nitrogens with one attached hydrogen (secondary N) is 1. The lowest BCUT2D eigenvalue weighted by atomic mass is 9.93. The van der Waals surface area contributed by atoms with E-state index in [-0.39, 0.29) is 24.7 Å². The van der Waals surface area contributed by atoms with E-state index in [1.165, 1.54) is 18.5 Å². The first-order valence-corrected chi connectivity index (χ1v) is 8.09. The van der Waals surface area contributed by atoms with Gasteiger partial charge in [-0.1, -0.05) is 18.2 Å². The average Bonchev–Trinajstić information content (AvgIpc) is 3.29. The Bertz CT molecular complexity index is 925. The minimum Gasteiger partial charge on any atom is -0.454 e. The van der Waals surface area contributed by atoms with Crippen LogP contribution in [0, 0.1) is 5.82 Å². The molecule has 0 fully saturated rings. The molecule has 0 spiro atoms. The van der Waals surface area contributed by atoms with E-state index in [0.717, 1.165) is 29.0 Å². The molecule has 2 aromatic carbocycles. The van der Waals surface area contributed by atoms with Gasteiger partial charge in [0.05, 0.1) is 12.1 Å². The van der Waals surface area contributed by atoms with Crippen LogP contribution in [0.2, 0.25) is 0 Å². The second-order valence-electron chi connectivity index (χ2n) is 6.14. The molecule has 3 aromatic rings. The molecule has 0 saturated carbocycles. The number of hydrogen-bond acceptors (Lipinski definition) is 5. The van der Waals surface area contributed by atoms with Gasteiger partial charge in [-0.25, -0.2) is 9.07 Å². The molecule has 7 heteroatoms. The van der Waals surface area contributed by atoms with E-state index in [9.17, 15) is 4.39 Å². The number of halogens is 1. The van der Waals surface area contributed by atoms with Crippen LogP contribution in [0.4, 0.5) is 10.3 Å². The molecular weight excluding hydrogens is 323 g/mol. The highest BCUT2D eigenvalue weighted by molar-refractivity contribution is 5.47. The molecule has 0 bridgehead atoms. The van der Waals surface area contributed by atoms with Crippen LogP contribution < -0.4 is 14.8 Å². The summed E-state index contributed by atoms with van der Waals surface area (Å²) in [6.45, 7) is 0.253. The Labute approximate surface area is 143 Å². The molecule has 0 unspecified atom stereocenters. The van der Waals surface area contributed by atoms with Crippen molar-refractivity contribution in [2.75, 3.05) is 12.1 Å². The third-order valence-corrected chi connectivity index (χ3v) is 4.68. The van der Waals surface area contributed by atoms with Gasteiger partial charge in [0.2, 0.25) is 12.7 Å². The van der Waals surface area contributed by atoms with Crippen LogP contribution in [0.25, 0.3) is 0 Å². The minimum atomic E-state index is -0.246. The molecule has 2 atom stereocenters. The number of ether oxygens (including phenoxy) is 2. The number of rotatable bonds is 2. The highest BCUT2D eigenvalue weighted by Crippen LogP contribution is 2.40. The van der Waals surface area contributed by atoms with Crippen molar-refractivity contribution in [3.05, 3.63) is 65.7 Å². The molecule has 5 rings (SSSR count).